The van der Waals surface area contributed by atoms with Gasteiger partial charge in [0.2, 0.25) is 0 Å². The third-order valence-corrected chi connectivity index (χ3v) is 8.29. The van der Waals surface area contributed by atoms with Crippen molar-refractivity contribution in [1.29, 1.82) is 0 Å². The SMILES string of the molecule is CCN(CC)c1ccc(C)c(C(c2cc(N(CC)CC)ccc2C)c2c(C)n(CC)c3ccccc23)c1. The van der Waals surface area contributed by atoms with Crippen LogP contribution in [0.25, 0.3) is 10.9 Å². The van der Waals surface area contributed by atoms with Crippen molar-refractivity contribution in [3.8, 4) is 0 Å². The molecule has 3 heteroatoms. The molecule has 0 spiro atoms. The van der Waals surface area contributed by atoms with Gasteiger partial charge in [0.05, 0.1) is 0 Å². The average Bonchev–Trinajstić information content (AvgIpc) is 3.19. The Balaban J connectivity index is 2.09. The Kier molecular flexibility index (Phi) is 8.32. The Morgan fingerprint density at radius 1 is 0.649 bits per heavy atom. The standard InChI is InChI=1S/C34H45N3/c1-9-35(10-2)27-20-18-24(6)30(22-27)34(31-23-28(21-19-25(31)7)36(11-3)12-4)33-26(8)37(13-5)32-17-15-14-16-29(32)33/h14-23,34H,9-13H2,1-8H3. The van der Waals surface area contributed by atoms with Crippen molar-refractivity contribution in [2.75, 3.05) is 36.0 Å². The molecule has 4 aromatic rings. The van der Waals surface area contributed by atoms with Crippen LogP contribution < -0.4 is 9.80 Å². The van der Waals surface area contributed by atoms with E-state index in [-0.39, 0.29) is 5.92 Å². The highest BCUT2D eigenvalue weighted by atomic mass is 15.1. The lowest BCUT2D eigenvalue weighted by Crippen LogP contribution is -2.23. The van der Waals surface area contributed by atoms with E-state index < -0.39 is 0 Å². The molecular weight excluding hydrogens is 450 g/mol. The van der Waals surface area contributed by atoms with Crippen LogP contribution in [-0.4, -0.2) is 30.7 Å². The zero-order valence-electron chi connectivity index (χ0n) is 24.2. The molecule has 0 atom stereocenters. The summed E-state index contributed by atoms with van der Waals surface area (Å²) in [5.41, 5.74) is 12.3. The van der Waals surface area contributed by atoms with Gasteiger partial charge in [0.15, 0.2) is 0 Å². The number of aromatic nitrogens is 1. The summed E-state index contributed by atoms with van der Waals surface area (Å²) in [5, 5.41) is 1.37. The number of anilines is 2. The van der Waals surface area contributed by atoms with Gasteiger partial charge in [-0.15, -0.1) is 0 Å². The lowest BCUT2D eigenvalue weighted by atomic mass is 9.79. The van der Waals surface area contributed by atoms with Crippen LogP contribution in [0.2, 0.25) is 0 Å². The molecule has 0 bridgehead atoms. The van der Waals surface area contributed by atoms with Gasteiger partial charge in [0.25, 0.3) is 0 Å². The van der Waals surface area contributed by atoms with Crippen molar-refractivity contribution in [2.24, 2.45) is 0 Å². The van der Waals surface area contributed by atoms with Gasteiger partial charge in [-0.05, 0) is 114 Å². The molecule has 0 aliphatic carbocycles. The number of rotatable bonds is 10. The molecule has 0 fully saturated rings. The smallest absolute Gasteiger partial charge is 0.0485 e. The predicted octanol–water partition coefficient (Wildman–Crippen LogP) is 8.46. The molecule has 0 saturated carbocycles. The van der Waals surface area contributed by atoms with Crippen molar-refractivity contribution in [3.63, 3.8) is 0 Å². The first-order valence-electron chi connectivity index (χ1n) is 14.2. The minimum absolute atomic E-state index is 0.156. The van der Waals surface area contributed by atoms with Crippen molar-refractivity contribution < 1.29 is 0 Å². The minimum Gasteiger partial charge on any atom is -0.372 e. The fourth-order valence-corrected chi connectivity index (χ4v) is 6.16. The van der Waals surface area contributed by atoms with E-state index in [4.69, 9.17) is 0 Å². The second-order valence-electron chi connectivity index (χ2n) is 10.1. The van der Waals surface area contributed by atoms with Crippen LogP contribution in [0, 0.1) is 20.8 Å². The van der Waals surface area contributed by atoms with Gasteiger partial charge in [0, 0.05) is 66.6 Å². The summed E-state index contributed by atoms with van der Waals surface area (Å²) in [5.74, 6) is 0.156. The van der Waals surface area contributed by atoms with E-state index in [0.29, 0.717) is 0 Å². The Labute approximate surface area is 224 Å². The van der Waals surface area contributed by atoms with E-state index in [9.17, 15) is 0 Å². The molecule has 0 N–H and O–H groups in total. The molecule has 37 heavy (non-hydrogen) atoms. The number of fused-ring (bicyclic) bond motifs is 1. The molecule has 3 nitrogen and oxygen atoms in total. The van der Waals surface area contributed by atoms with E-state index in [1.165, 1.54) is 55.8 Å². The van der Waals surface area contributed by atoms with E-state index in [1.807, 2.05) is 0 Å². The maximum Gasteiger partial charge on any atom is 0.0485 e. The number of hydrogen-bond acceptors (Lipinski definition) is 2. The van der Waals surface area contributed by atoms with Crippen molar-refractivity contribution in [3.05, 3.63) is 94.2 Å². The summed E-state index contributed by atoms with van der Waals surface area (Å²) in [6.45, 7) is 23.1. The van der Waals surface area contributed by atoms with Crippen LogP contribution in [-0.2, 0) is 6.54 Å². The Morgan fingerprint density at radius 3 is 1.59 bits per heavy atom. The summed E-state index contributed by atoms with van der Waals surface area (Å²) in [4.78, 5) is 4.92. The first-order valence-corrected chi connectivity index (χ1v) is 14.2. The summed E-state index contributed by atoms with van der Waals surface area (Å²) in [7, 11) is 0. The molecule has 1 heterocycles. The van der Waals surface area contributed by atoms with Gasteiger partial charge in [-0.2, -0.15) is 0 Å². The number of para-hydroxylation sites is 1. The number of benzene rings is 3. The highest BCUT2D eigenvalue weighted by Gasteiger charge is 2.28. The zero-order valence-corrected chi connectivity index (χ0v) is 24.2. The lowest BCUT2D eigenvalue weighted by Gasteiger charge is -2.29. The largest absolute Gasteiger partial charge is 0.372 e. The summed E-state index contributed by atoms with van der Waals surface area (Å²) >= 11 is 0. The van der Waals surface area contributed by atoms with E-state index in [0.717, 1.165) is 32.7 Å². The van der Waals surface area contributed by atoms with Gasteiger partial charge < -0.3 is 14.4 Å². The summed E-state index contributed by atoms with van der Waals surface area (Å²) in [6, 6.07) is 23.2. The lowest BCUT2D eigenvalue weighted by molar-refractivity contribution is 0.757. The van der Waals surface area contributed by atoms with E-state index >= 15 is 0 Å². The van der Waals surface area contributed by atoms with Gasteiger partial charge >= 0.3 is 0 Å². The molecule has 0 radical (unpaired) electrons. The maximum absolute atomic E-state index is 2.49. The average molecular weight is 496 g/mol. The second-order valence-corrected chi connectivity index (χ2v) is 10.1. The molecule has 0 saturated heterocycles. The first kappa shape index (κ1) is 26.9. The van der Waals surface area contributed by atoms with Crippen LogP contribution in [0.15, 0.2) is 60.7 Å². The van der Waals surface area contributed by atoms with Crippen molar-refractivity contribution in [2.45, 2.75) is 67.9 Å². The molecule has 0 aliphatic rings. The molecule has 4 rings (SSSR count). The van der Waals surface area contributed by atoms with Gasteiger partial charge in [-0.1, -0.05) is 30.3 Å². The van der Waals surface area contributed by atoms with E-state index in [1.54, 1.807) is 0 Å². The van der Waals surface area contributed by atoms with E-state index in [2.05, 4.69) is 130 Å². The summed E-state index contributed by atoms with van der Waals surface area (Å²) < 4.78 is 2.49. The molecule has 0 unspecified atom stereocenters. The van der Waals surface area contributed by atoms with Gasteiger partial charge in [-0.3, -0.25) is 0 Å². The second kappa shape index (κ2) is 11.5. The quantitative estimate of drug-likeness (QED) is 0.219. The highest BCUT2D eigenvalue weighted by Crippen LogP contribution is 2.43. The Morgan fingerprint density at radius 2 is 1.14 bits per heavy atom. The third-order valence-electron chi connectivity index (χ3n) is 8.29. The maximum atomic E-state index is 2.49. The van der Waals surface area contributed by atoms with Crippen molar-refractivity contribution in [1.82, 2.24) is 4.57 Å². The fraction of sp³-hybridized carbons (Fsp3) is 0.412. The summed E-state index contributed by atoms with van der Waals surface area (Å²) in [6.07, 6.45) is 0. The molecular formula is C34H45N3. The van der Waals surface area contributed by atoms with Crippen LogP contribution in [0.3, 0.4) is 0 Å². The fourth-order valence-electron chi connectivity index (χ4n) is 6.16. The van der Waals surface area contributed by atoms with Crippen molar-refractivity contribution >= 4 is 22.3 Å². The monoisotopic (exact) mass is 495 g/mol. The predicted molar refractivity (Wildman–Crippen MR) is 163 cm³/mol. The van der Waals surface area contributed by atoms with Crippen LogP contribution >= 0.6 is 0 Å². The minimum atomic E-state index is 0.156. The number of aryl methyl sites for hydroxylation is 3. The zero-order chi connectivity index (χ0) is 26.7. The normalized spacial score (nSPS) is 11.5. The number of hydrogen-bond donors (Lipinski definition) is 0. The Hall–Kier alpha value is -3.20. The number of nitrogens with zero attached hydrogens (tertiary/aromatic N) is 3. The van der Waals surface area contributed by atoms with Crippen LogP contribution in [0.1, 0.15) is 74.0 Å². The first-order chi connectivity index (χ1) is 17.9. The van der Waals surface area contributed by atoms with Gasteiger partial charge in [0.1, 0.15) is 0 Å². The van der Waals surface area contributed by atoms with Crippen LogP contribution in [0.4, 0.5) is 11.4 Å². The Bertz CT molecular complexity index is 1290. The molecule has 0 amide bonds. The topological polar surface area (TPSA) is 11.4 Å². The highest BCUT2D eigenvalue weighted by molar-refractivity contribution is 5.87. The molecule has 196 valence electrons. The van der Waals surface area contributed by atoms with Gasteiger partial charge in [-0.25, -0.2) is 0 Å². The molecule has 0 aliphatic heterocycles. The van der Waals surface area contributed by atoms with Crippen LogP contribution in [0.5, 0.6) is 0 Å². The molecule has 1 aromatic heterocycles. The third kappa shape index (κ3) is 4.89. The molecule has 3 aromatic carbocycles.